The second-order valence-corrected chi connectivity index (χ2v) is 5.93. The first-order chi connectivity index (χ1) is 12.4. The van der Waals surface area contributed by atoms with Gasteiger partial charge in [-0.25, -0.2) is 0 Å². The maximum absolute atomic E-state index is 12.9. The maximum Gasteiger partial charge on any atom is 0.405 e. The molecule has 4 atom stereocenters. The number of halogens is 12. The topological polar surface area (TPSA) is 50.2 Å². The molecule has 4 unspecified atom stereocenters. The van der Waals surface area contributed by atoms with Gasteiger partial charge in [0.1, 0.15) is 12.1 Å². The molecule has 1 fully saturated rings. The van der Waals surface area contributed by atoms with E-state index in [9.17, 15) is 52.7 Å². The summed E-state index contributed by atoms with van der Waals surface area (Å²) in [6.07, 6.45) is -20.9. The normalized spacial score (nSPS) is 29.4. The van der Waals surface area contributed by atoms with Crippen molar-refractivity contribution in [2.75, 3.05) is 26.2 Å². The van der Waals surface area contributed by atoms with Crippen molar-refractivity contribution < 1.29 is 74.4 Å². The standard InChI is InChI=1S/C12H15F12N4.Ti/c13-9(14,15)5-1-25-6(10(16,17)18)2-27-8(12(22,23)24)4-28-7(3-26-5)11(19,20)21;/h5-8,25-27H,1-4H2;/q-1;. The van der Waals surface area contributed by atoms with E-state index in [0.29, 0.717) is 0 Å². The predicted octanol–water partition coefficient (Wildman–Crippen LogP) is 2.86. The Morgan fingerprint density at radius 3 is 1.21 bits per heavy atom. The van der Waals surface area contributed by atoms with Crippen LogP contribution in [0.2, 0.25) is 0 Å². The van der Waals surface area contributed by atoms with Crippen LogP contribution in [0.15, 0.2) is 0 Å². The molecule has 1 aliphatic rings. The summed E-state index contributed by atoms with van der Waals surface area (Å²) in [5.74, 6) is 0. The summed E-state index contributed by atoms with van der Waals surface area (Å²) in [7, 11) is 0. The molecular weight excluding hydrogens is 476 g/mol. The molecule has 0 saturated carbocycles. The van der Waals surface area contributed by atoms with Gasteiger partial charge in [-0.1, -0.05) is 0 Å². The minimum atomic E-state index is -5.26. The molecule has 1 heterocycles. The van der Waals surface area contributed by atoms with Gasteiger partial charge in [-0.2, -0.15) is 52.7 Å². The van der Waals surface area contributed by atoms with E-state index < -0.39 is 75.1 Å². The molecule has 172 valence electrons. The smallest absolute Gasteiger partial charge is 0.405 e. The van der Waals surface area contributed by atoms with Crippen LogP contribution in [0.25, 0.3) is 5.32 Å². The molecule has 0 amide bonds. The van der Waals surface area contributed by atoms with E-state index in [2.05, 4.69) is 5.32 Å². The van der Waals surface area contributed by atoms with Crippen LogP contribution < -0.4 is 16.0 Å². The Labute approximate surface area is 171 Å². The summed E-state index contributed by atoms with van der Waals surface area (Å²) in [6, 6.07) is -11.4. The molecule has 1 rings (SSSR count). The zero-order valence-corrected chi connectivity index (χ0v) is 15.7. The first kappa shape index (κ1) is 28.7. The van der Waals surface area contributed by atoms with Crippen molar-refractivity contribution in [2.24, 2.45) is 0 Å². The zero-order chi connectivity index (χ0) is 22.0. The van der Waals surface area contributed by atoms with Crippen molar-refractivity contribution in [1.29, 1.82) is 0 Å². The fourth-order valence-electron chi connectivity index (χ4n) is 2.18. The second-order valence-electron chi connectivity index (χ2n) is 5.93. The molecule has 1 saturated heterocycles. The van der Waals surface area contributed by atoms with E-state index in [1.807, 2.05) is 0 Å². The van der Waals surface area contributed by atoms with Crippen LogP contribution in [0.3, 0.4) is 0 Å². The van der Waals surface area contributed by atoms with Crippen LogP contribution in [0.4, 0.5) is 52.7 Å². The first-order valence-corrected chi connectivity index (χ1v) is 7.56. The maximum atomic E-state index is 12.9. The molecule has 0 aromatic carbocycles. The molecule has 1 aliphatic heterocycles. The molecule has 17 heteroatoms. The van der Waals surface area contributed by atoms with Gasteiger partial charge in [0.25, 0.3) is 0 Å². The van der Waals surface area contributed by atoms with Crippen molar-refractivity contribution >= 4 is 0 Å². The Hall–Kier alpha value is -0.286. The monoisotopic (exact) mass is 491 g/mol. The second kappa shape index (κ2) is 10.4. The average molecular weight is 491 g/mol. The van der Waals surface area contributed by atoms with Gasteiger partial charge in [0, 0.05) is 34.8 Å². The van der Waals surface area contributed by atoms with Gasteiger partial charge in [0.2, 0.25) is 0 Å². The SMILES string of the molecule is FC(F)(F)C1CNC(C(F)(F)F)CNC(C(F)(F)F)CNC(C(F)(F)F)C[N-]1.[Ti]. The number of hydrogen-bond donors (Lipinski definition) is 3. The Bertz CT molecular complexity index is 385. The van der Waals surface area contributed by atoms with E-state index in [4.69, 9.17) is 0 Å². The molecule has 3 N–H and O–H groups in total. The van der Waals surface area contributed by atoms with Gasteiger partial charge in [-0.3, -0.25) is 0 Å². The molecule has 0 radical (unpaired) electrons. The van der Waals surface area contributed by atoms with Gasteiger partial charge in [-0.15, -0.1) is 6.54 Å². The summed E-state index contributed by atoms with van der Waals surface area (Å²) in [6.45, 7) is -6.23. The van der Waals surface area contributed by atoms with Gasteiger partial charge < -0.3 is 21.3 Å². The van der Waals surface area contributed by atoms with E-state index >= 15 is 0 Å². The number of nitrogens with one attached hydrogen (secondary N) is 3. The molecular formula is C12H15F12N4Ti-. The number of rotatable bonds is 0. The van der Waals surface area contributed by atoms with Crippen LogP contribution in [-0.2, 0) is 21.7 Å². The van der Waals surface area contributed by atoms with Crippen LogP contribution in [0.5, 0.6) is 0 Å². The van der Waals surface area contributed by atoms with E-state index in [0.717, 1.165) is 0 Å². The van der Waals surface area contributed by atoms with Crippen LogP contribution in [0.1, 0.15) is 0 Å². The molecule has 29 heavy (non-hydrogen) atoms. The zero-order valence-electron chi connectivity index (χ0n) is 14.1. The predicted molar refractivity (Wildman–Crippen MR) is 71.6 cm³/mol. The average Bonchev–Trinajstić information content (AvgIpc) is 2.42. The van der Waals surface area contributed by atoms with Crippen LogP contribution in [0, 0.1) is 0 Å². The summed E-state index contributed by atoms with van der Waals surface area (Å²) in [4.78, 5) is 0. The number of nitrogens with zero attached hydrogens (tertiary/aromatic N) is 1. The van der Waals surface area contributed by atoms with Crippen molar-refractivity contribution in [3.8, 4) is 0 Å². The molecule has 0 aliphatic carbocycles. The van der Waals surface area contributed by atoms with Crippen molar-refractivity contribution in [1.82, 2.24) is 16.0 Å². The Kier molecular flexibility index (Phi) is 10.2. The van der Waals surface area contributed by atoms with Gasteiger partial charge in [0.05, 0.1) is 6.04 Å². The Balaban J connectivity index is 0.00000784. The third-order valence-corrected chi connectivity index (χ3v) is 3.77. The third kappa shape index (κ3) is 9.59. The Morgan fingerprint density at radius 1 is 0.517 bits per heavy atom. The molecule has 0 bridgehead atoms. The molecule has 0 aromatic rings. The number of alkyl halides is 12. The van der Waals surface area contributed by atoms with E-state index in [-0.39, 0.29) is 21.7 Å². The van der Waals surface area contributed by atoms with Gasteiger partial charge in [-0.05, 0) is 12.6 Å². The van der Waals surface area contributed by atoms with E-state index in [1.54, 1.807) is 0 Å². The minimum Gasteiger partial charge on any atom is -0.650 e. The summed E-state index contributed by atoms with van der Waals surface area (Å²) < 4.78 is 154. The van der Waals surface area contributed by atoms with Crippen LogP contribution in [-0.4, -0.2) is 75.1 Å². The molecule has 4 nitrogen and oxygen atoms in total. The van der Waals surface area contributed by atoms with E-state index in [1.165, 1.54) is 16.0 Å². The van der Waals surface area contributed by atoms with Crippen LogP contribution >= 0.6 is 0 Å². The Morgan fingerprint density at radius 2 is 0.862 bits per heavy atom. The van der Waals surface area contributed by atoms with Gasteiger partial charge in [0.15, 0.2) is 0 Å². The van der Waals surface area contributed by atoms with Gasteiger partial charge >= 0.3 is 24.7 Å². The summed E-state index contributed by atoms with van der Waals surface area (Å²) in [5, 5.41) is 6.93. The first-order valence-electron chi connectivity index (χ1n) is 7.56. The molecule has 0 spiro atoms. The summed E-state index contributed by atoms with van der Waals surface area (Å²) in [5.41, 5.74) is 0. The van der Waals surface area contributed by atoms with Crippen molar-refractivity contribution in [3.63, 3.8) is 0 Å². The fraction of sp³-hybridized carbons (Fsp3) is 1.00. The summed E-state index contributed by atoms with van der Waals surface area (Å²) >= 11 is 0. The quantitative estimate of drug-likeness (QED) is 0.361. The fourth-order valence-corrected chi connectivity index (χ4v) is 2.18. The third-order valence-electron chi connectivity index (χ3n) is 3.77. The van der Waals surface area contributed by atoms with Crippen molar-refractivity contribution in [2.45, 2.75) is 48.9 Å². The molecule has 0 aromatic heterocycles. The largest absolute Gasteiger partial charge is 0.650 e. The number of hydrogen-bond acceptors (Lipinski definition) is 3. The van der Waals surface area contributed by atoms with Crippen molar-refractivity contribution in [3.05, 3.63) is 5.32 Å². The minimum absolute atomic E-state index is 0.